The van der Waals surface area contributed by atoms with Gasteiger partial charge in [0.2, 0.25) is 0 Å². The van der Waals surface area contributed by atoms with Gasteiger partial charge in [-0.15, -0.1) is 11.0 Å². The molecule has 0 bridgehead atoms. The summed E-state index contributed by atoms with van der Waals surface area (Å²) in [5.41, 5.74) is 17.8. The van der Waals surface area contributed by atoms with Gasteiger partial charge < -0.3 is 4.98 Å². The van der Waals surface area contributed by atoms with E-state index in [1.54, 1.807) is 0 Å². The third-order valence-electron chi connectivity index (χ3n) is 6.92. The van der Waals surface area contributed by atoms with Crippen LogP contribution in [-0.4, -0.2) is 0 Å². The Morgan fingerprint density at radius 3 is 1.03 bits per heavy atom. The molecule has 166 valence electrons. The first kappa shape index (κ1) is 21.5. The zero-order valence-corrected chi connectivity index (χ0v) is 21.1. The number of rotatable bonds is 2. The highest BCUT2D eigenvalue weighted by Gasteiger charge is 2.14. The first-order valence-electron chi connectivity index (χ1n) is 11.8. The van der Waals surface area contributed by atoms with Gasteiger partial charge in [-0.1, -0.05) is 59.7 Å². The van der Waals surface area contributed by atoms with Crippen LogP contribution in [0.1, 0.15) is 44.5 Å². The average molecular weight is 431 g/mol. The summed E-state index contributed by atoms with van der Waals surface area (Å²) in [6, 6.07) is 18.4. The number of fused-ring (bicyclic) bond motifs is 3. The summed E-state index contributed by atoms with van der Waals surface area (Å²) in [5.74, 6) is 0. The third-order valence-corrected chi connectivity index (χ3v) is 6.92. The Morgan fingerprint density at radius 1 is 0.394 bits per heavy atom. The van der Waals surface area contributed by atoms with E-state index in [0.29, 0.717) is 0 Å². The van der Waals surface area contributed by atoms with Crippen molar-refractivity contribution in [2.24, 2.45) is 0 Å². The van der Waals surface area contributed by atoms with Crippen molar-refractivity contribution in [3.8, 4) is 22.3 Å². The van der Waals surface area contributed by atoms with Crippen LogP contribution in [0.2, 0.25) is 0 Å². The van der Waals surface area contributed by atoms with Gasteiger partial charge in [0.15, 0.2) is 0 Å². The lowest BCUT2D eigenvalue weighted by Crippen LogP contribution is -1.93. The van der Waals surface area contributed by atoms with Gasteiger partial charge in [0.25, 0.3) is 0 Å². The molecule has 0 spiro atoms. The SMILES string of the molecule is Cc1cc(C)c(-c2cc(C)cc3c2[n-]c2c(-c4c(C)cc(C)cc4C)cc(C)cc23)c(C)c1. The van der Waals surface area contributed by atoms with Gasteiger partial charge in [-0.05, 0) is 122 Å². The molecule has 0 amide bonds. The Balaban J connectivity index is 1.92. The Labute approximate surface area is 197 Å². The maximum Gasteiger partial charge on any atom is -0.0137 e. The van der Waals surface area contributed by atoms with Gasteiger partial charge in [-0.3, -0.25) is 0 Å². The molecule has 0 saturated heterocycles. The van der Waals surface area contributed by atoms with Crippen LogP contribution in [0.3, 0.4) is 0 Å². The number of benzene rings is 4. The van der Waals surface area contributed by atoms with E-state index >= 15 is 0 Å². The van der Waals surface area contributed by atoms with Crippen LogP contribution in [0.4, 0.5) is 0 Å². The summed E-state index contributed by atoms with van der Waals surface area (Å²) >= 11 is 0. The van der Waals surface area contributed by atoms with Crippen molar-refractivity contribution in [2.75, 3.05) is 0 Å². The summed E-state index contributed by atoms with van der Waals surface area (Å²) in [6.45, 7) is 17.6. The quantitative estimate of drug-likeness (QED) is 0.273. The van der Waals surface area contributed by atoms with Gasteiger partial charge in [0.1, 0.15) is 0 Å². The molecule has 1 aromatic heterocycles. The minimum absolute atomic E-state index is 1.11. The molecule has 0 atom stereocenters. The van der Waals surface area contributed by atoms with Crippen molar-refractivity contribution in [1.29, 1.82) is 0 Å². The molecule has 1 nitrogen and oxygen atoms in total. The normalized spacial score (nSPS) is 11.6. The number of aryl methyl sites for hydroxylation is 8. The van der Waals surface area contributed by atoms with Gasteiger partial charge in [0.05, 0.1) is 0 Å². The van der Waals surface area contributed by atoms with Crippen LogP contribution in [0.15, 0.2) is 48.5 Å². The van der Waals surface area contributed by atoms with Crippen LogP contribution in [0, 0.1) is 55.4 Å². The largest absolute Gasteiger partial charge is 0.656 e. The molecular weight excluding hydrogens is 398 g/mol. The minimum Gasteiger partial charge on any atom is -0.656 e. The number of hydrogen-bond donors (Lipinski definition) is 0. The van der Waals surface area contributed by atoms with Crippen LogP contribution in [0.25, 0.3) is 44.1 Å². The number of aromatic nitrogens is 1. The van der Waals surface area contributed by atoms with Gasteiger partial charge in [-0.25, -0.2) is 0 Å². The average Bonchev–Trinajstić information content (AvgIpc) is 3.05. The second-order valence-corrected chi connectivity index (χ2v) is 10.1. The molecule has 5 rings (SSSR count). The molecule has 0 unspecified atom stereocenters. The predicted molar refractivity (Wildman–Crippen MR) is 144 cm³/mol. The Bertz CT molecular complexity index is 1410. The first-order valence-corrected chi connectivity index (χ1v) is 11.8. The zero-order valence-electron chi connectivity index (χ0n) is 21.1. The molecule has 0 saturated carbocycles. The summed E-state index contributed by atoms with van der Waals surface area (Å²) in [7, 11) is 0. The highest BCUT2D eigenvalue weighted by Crippen LogP contribution is 2.41. The standard InChI is InChI=1S/C32H32N/c1-17-9-21(5)29(22(6)10-17)27-15-19(3)13-25-26-14-20(4)16-28(32(26)33-31(25)27)30-23(7)11-18(2)12-24(30)8/h9-16H,1-8H3/q-1. The van der Waals surface area contributed by atoms with Gasteiger partial charge >= 0.3 is 0 Å². The molecule has 0 N–H and O–H groups in total. The highest BCUT2D eigenvalue weighted by atomic mass is 14.7. The van der Waals surface area contributed by atoms with Crippen molar-refractivity contribution in [3.05, 3.63) is 93.0 Å². The predicted octanol–water partition coefficient (Wildman–Crippen LogP) is 8.75. The van der Waals surface area contributed by atoms with E-state index in [9.17, 15) is 0 Å². The second-order valence-electron chi connectivity index (χ2n) is 10.1. The van der Waals surface area contributed by atoms with Crippen LogP contribution < -0.4 is 4.98 Å². The van der Waals surface area contributed by atoms with Crippen LogP contribution in [0.5, 0.6) is 0 Å². The molecule has 1 heterocycles. The second kappa shape index (κ2) is 7.63. The highest BCUT2D eigenvalue weighted by molar-refractivity contribution is 6.16. The summed E-state index contributed by atoms with van der Waals surface area (Å²) in [5, 5.41) is 2.51. The van der Waals surface area contributed by atoms with E-state index in [2.05, 4.69) is 104 Å². The van der Waals surface area contributed by atoms with E-state index in [4.69, 9.17) is 4.98 Å². The van der Waals surface area contributed by atoms with Crippen molar-refractivity contribution in [1.82, 2.24) is 4.98 Å². The van der Waals surface area contributed by atoms with Gasteiger partial charge in [0, 0.05) is 0 Å². The fourth-order valence-electron chi connectivity index (χ4n) is 5.91. The monoisotopic (exact) mass is 430 g/mol. The smallest absolute Gasteiger partial charge is 0.0137 e. The third kappa shape index (κ3) is 3.47. The maximum atomic E-state index is 5.36. The van der Waals surface area contributed by atoms with Crippen molar-refractivity contribution in [3.63, 3.8) is 0 Å². The number of hydrogen-bond acceptors (Lipinski definition) is 0. The molecule has 4 aromatic carbocycles. The summed E-state index contributed by atoms with van der Waals surface area (Å²) < 4.78 is 0. The first-order chi connectivity index (χ1) is 15.6. The molecular formula is C32H32N-. The molecule has 0 radical (unpaired) electrons. The van der Waals surface area contributed by atoms with Crippen molar-refractivity contribution in [2.45, 2.75) is 55.4 Å². The zero-order chi connectivity index (χ0) is 23.6. The van der Waals surface area contributed by atoms with Crippen molar-refractivity contribution < 1.29 is 0 Å². The topological polar surface area (TPSA) is 14.1 Å². The molecule has 0 aliphatic rings. The molecule has 1 heteroatoms. The minimum atomic E-state index is 1.11. The maximum absolute atomic E-state index is 5.36. The van der Waals surface area contributed by atoms with E-state index in [-0.39, 0.29) is 0 Å². The summed E-state index contributed by atoms with van der Waals surface area (Å²) in [6.07, 6.45) is 0. The lowest BCUT2D eigenvalue weighted by Gasteiger charge is -2.18. The van der Waals surface area contributed by atoms with E-state index in [1.165, 1.54) is 77.5 Å². The summed E-state index contributed by atoms with van der Waals surface area (Å²) in [4.78, 5) is 5.36. The van der Waals surface area contributed by atoms with E-state index < -0.39 is 0 Å². The van der Waals surface area contributed by atoms with E-state index in [0.717, 1.165) is 11.0 Å². The Hall–Kier alpha value is -3.32. The molecule has 33 heavy (non-hydrogen) atoms. The Kier molecular flexibility index (Phi) is 4.97. The lowest BCUT2D eigenvalue weighted by molar-refractivity contribution is 1.31. The number of nitrogens with zero attached hydrogens (tertiary/aromatic N) is 1. The fourth-order valence-corrected chi connectivity index (χ4v) is 5.91. The van der Waals surface area contributed by atoms with E-state index in [1.807, 2.05) is 0 Å². The Morgan fingerprint density at radius 2 is 0.697 bits per heavy atom. The molecule has 0 fully saturated rings. The van der Waals surface area contributed by atoms with Crippen LogP contribution >= 0.6 is 0 Å². The molecule has 0 aliphatic heterocycles. The van der Waals surface area contributed by atoms with Crippen molar-refractivity contribution >= 4 is 21.8 Å². The van der Waals surface area contributed by atoms with Crippen LogP contribution in [-0.2, 0) is 0 Å². The molecule has 5 aromatic rings. The van der Waals surface area contributed by atoms with Gasteiger partial charge in [-0.2, -0.15) is 0 Å². The lowest BCUT2D eigenvalue weighted by atomic mass is 9.90. The molecule has 0 aliphatic carbocycles. The fraction of sp³-hybridized carbons (Fsp3) is 0.250.